The number of fused-ring (bicyclic) bond motifs is 1. The van der Waals surface area contributed by atoms with E-state index in [9.17, 15) is 4.79 Å². The van der Waals surface area contributed by atoms with Gasteiger partial charge in [0.2, 0.25) is 0 Å². The summed E-state index contributed by atoms with van der Waals surface area (Å²) in [6.45, 7) is 2.82. The van der Waals surface area contributed by atoms with Gasteiger partial charge in [-0.25, -0.2) is 0 Å². The summed E-state index contributed by atoms with van der Waals surface area (Å²) < 4.78 is 11.3. The third kappa shape index (κ3) is 2.73. The Balaban J connectivity index is 1.56. The average molecular weight is 310 g/mol. The lowest BCUT2D eigenvalue weighted by molar-refractivity contribution is -0.0230. The second-order valence-electron chi connectivity index (χ2n) is 5.83. The summed E-state index contributed by atoms with van der Waals surface area (Å²) in [6, 6.07) is 9.72. The van der Waals surface area contributed by atoms with E-state index in [1.165, 1.54) is 0 Å². The van der Waals surface area contributed by atoms with Crippen LogP contribution in [-0.4, -0.2) is 35.5 Å². The largest absolute Gasteiger partial charge is 0.372 e. The Bertz CT molecular complexity index is 717. The Morgan fingerprint density at radius 3 is 3.04 bits per heavy atom. The van der Waals surface area contributed by atoms with Crippen molar-refractivity contribution >= 4 is 5.91 Å². The minimum Gasteiger partial charge on any atom is -0.372 e. The number of nitrogens with zero attached hydrogens (tertiary/aromatic N) is 2. The number of aromatic nitrogens is 1. The number of hydrogen-bond acceptors (Lipinski definition) is 4. The van der Waals surface area contributed by atoms with Gasteiger partial charge in [0.25, 0.3) is 5.91 Å². The highest BCUT2D eigenvalue weighted by atomic mass is 16.5. The lowest BCUT2D eigenvalue weighted by atomic mass is 10.0. The van der Waals surface area contributed by atoms with Gasteiger partial charge in [-0.05, 0) is 23.3 Å². The molecule has 118 valence electrons. The first-order chi connectivity index (χ1) is 11.3. The second kappa shape index (κ2) is 6.10. The van der Waals surface area contributed by atoms with Gasteiger partial charge >= 0.3 is 0 Å². The Morgan fingerprint density at radius 1 is 1.22 bits per heavy atom. The predicted octanol–water partition coefficient (Wildman–Crippen LogP) is 2.33. The van der Waals surface area contributed by atoms with Gasteiger partial charge in [0.15, 0.2) is 0 Å². The monoisotopic (exact) mass is 310 g/mol. The molecular formula is C18H18N2O3. The number of rotatable bonds is 2. The number of carbonyl (C=O) groups is 1. The van der Waals surface area contributed by atoms with E-state index in [0.717, 1.165) is 22.3 Å². The van der Waals surface area contributed by atoms with Crippen molar-refractivity contribution in [1.82, 2.24) is 9.88 Å². The maximum absolute atomic E-state index is 12.9. The summed E-state index contributed by atoms with van der Waals surface area (Å²) in [7, 11) is 0. The third-order valence-electron chi connectivity index (χ3n) is 4.42. The molecule has 23 heavy (non-hydrogen) atoms. The molecule has 0 bridgehead atoms. The molecule has 0 saturated carbocycles. The van der Waals surface area contributed by atoms with E-state index >= 15 is 0 Å². The maximum Gasteiger partial charge on any atom is 0.254 e. The van der Waals surface area contributed by atoms with E-state index in [2.05, 4.69) is 4.98 Å². The molecular weight excluding hydrogens is 292 g/mol. The van der Waals surface area contributed by atoms with Crippen LogP contribution >= 0.6 is 0 Å². The van der Waals surface area contributed by atoms with Gasteiger partial charge in [-0.1, -0.05) is 18.2 Å². The third-order valence-corrected chi connectivity index (χ3v) is 4.42. The van der Waals surface area contributed by atoms with Crippen molar-refractivity contribution in [3.63, 3.8) is 0 Å². The SMILES string of the molecule is O=C(c1cccc2c1COC2)N1CCOC(c2cccnc2)C1. The van der Waals surface area contributed by atoms with Crippen LogP contribution in [-0.2, 0) is 22.7 Å². The van der Waals surface area contributed by atoms with Crippen LogP contribution in [0.3, 0.4) is 0 Å². The van der Waals surface area contributed by atoms with Crippen molar-refractivity contribution in [3.05, 3.63) is 65.0 Å². The molecule has 1 unspecified atom stereocenters. The molecule has 1 amide bonds. The van der Waals surface area contributed by atoms with Crippen molar-refractivity contribution < 1.29 is 14.3 Å². The van der Waals surface area contributed by atoms with Crippen molar-refractivity contribution in [2.45, 2.75) is 19.3 Å². The van der Waals surface area contributed by atoms with Crippen molar-refractivity contribution in [2.75, 3.05) is 19.7 Å². The first-order valence-corrected chi connectivity index (χ1v) is 7.82. The molecule has 1 aromatic carbocycles. The summed E-state index contributed by atoms with van der Waals surface area (Å²) in [5.74, 6) is 0.0598. The van der Waals surface area contributed by atoms with E-state index in [1.807, 2.05) is 35.2 Å². The lowest BCUT2D eigenvalue weighted by Gasteiger charge is -2.33. The predicted molar refractivity (Wildman–Crippen MR) is 83.8 cm³/mol. The molecule has 0 aliphatic carbocycles. The summed E-state index contributed by atoms with van der Waals surface area (Å²) in [5, 5.41) is 0. The molecule has 0 N–H and O–H groups in total. The molecule has 1 saturated heterocycles. The average Bonchev–Trinajstić information content (AvgIpc) is 3.11. The highest BCUT2D eigenvalue weighted by Gasteiger charge is 2.28. The highest BCUT2D eigenvalue weighted by molar-refractivity contribution is 5.96. The molecule has 0 spiro atoms. The second-order valence-corrected chi connectivity index (χ2v) is 5.83. The van der Waals surface area contributed by atoms with E-state index in [0.29, 0.717) is 32.9 Å². The zero-order valence-corrected chi connectivity index (χ0v) is 12.8. The molecule has 0 radical (unpaired) electrons. The van der Waals surface area contributed by atoms with Crippen LogP contribution in [0.2, 0.25) is 0 Å². The van der Waals surface area contributed by atoms with Gasteiger partial charge in [0.05, 0.1) is 26.4 Å². The quantitative estimate of drug-likeness (QED) is 0.854. The minimum atomic E-state index is -0.116. The van der Waals surface area contributed by atoms with Gasteiger partial charge in [-0.2, -0.15) is 0 Å². The Labute approximate surface area is 134 Å². The zero-order chi connectivity index (χ0) is 15.6. The summed E-state index contributed by atoms with van der Waals surface area (Å²) in [4.78, 5) is 18.9. The number of amides is 1. The molecule has 3 heterocycles. The molecule has 1 fully saturated rings. The maximum atomic E-state index is 12.9. The van der Waals surface area contributed by atoms with Crippen LogP contribution in [0.25, 0.3) is 0 Å². The molecule has 4 rings (SSSR count). The fourth-order valence-electron chi connectivity index (χ4n) is 3.18. The molecule has 1 aromatic heterocycles. The zero-order valence-electron chi connectivity index (χ0n) is 12.8. The van der Waals surface area contributed by atoms with Gasteiger partial charge < -0.3 is 14.4 Å². The van der Waals surface area contributed by atoms with Gasteiger partial charge in [0.1, 0.15) is 6.10 Å². The smallest absolute Gasteiger partial charge is 0.254 e. The number of hydrogen-bond donors (Lipinski definition) is 0. The standard InChI is InChI=1S/C18H18N2O3/c21-18(15-5-1-3-14-11-22-12-16(14)15)20-7-8-23-17(10-20)13-4-2-6-19-9-13/h1-6,9,17H,7-8,10-12H2. The Hall–Kier alpha value is -2.24. The number of morpholine rings is 1. The van der Waals surface area contributed by atoms with Crippen LogP contribution in [0.5, 0.6) is 0 Å². The van der Waals surface area contributed by atoms with Crippen LogP contribution in [0.1, 0.15) is 33.2 Å². The van der Waals surface area contributed by atoms with Gasteiger partial charge in [-0.3, -0.25) is 9.78 Å². The topological polar surface area (TPSA) is 51.7 Å². The van der Waals surface area contributed by atoms with Gasteiger partial charge in [-0.15, -0.1) is 0 Å². The number of carbonyl (C=O) groups excluding carboxylic acids is 1. The normalized spacial score (nSPS) is 20.3. The lowest BCUT2D eigenvalue weighted by Crippen LogP contribution is -2.42. The molecule has 1 atom stereocenters. The molecule has 5 heteroatoms. The van der Waals surface area contributed by atoms with Crippen LogP contribution in [0, 0.1) is 0 Å². The van der Waals surface area contributed by atoms with E-state index in [-0.39, 0.29) is 12.0 Å². The molecule has 5 nitrogen and oxygen atoms in total. The van der Waals surface area contributed by atoms with Gasteiger partial charge in [0, 0.05) is 30.1 Å². The van der Waals surface area contributed by atoms with Crippen LogP contribution in [0.15, 0.2) is 42.7 Å². The number of benzene rings is 1. The first-order valence-electron chi connectivity index (χ1n) is 7.82. The molecule has 2 aliphatic rings. The van der Waals surface area contributed by atoms with Crippen molar-refractivity contribution in [3.8, 4) is 0 Å². The van der Waals surface area contributed by atoms with E-state index in [1.54, 1.807) is 12.4 Å². The minimum absolute atomic E-state index is 0.0598. The van der Waals surface area contributed by atoms with Crippen LogP contribution < -0.4 is 0 Å². The highest BCUT2D eigenvalue weighted by Crippen LogP contribution is 2.27. The van der Waals surface area contributed by atoms with E-state index in [4.69, 9.17) is 9.47 Å². The number of ether oxygens (including phenoxy) is 2. The van der Waals surface area contributed by atoms with Crippen molar-refractivity contribution in [2.24, 2.45) is 0 Å². The van der Waals surface area contributed by atoms with Crippen molar-refractivity contribution in [1.29, 1.82) is 0 Å². The molecule has 2 aromatic rings. The fourth-order valence-corrected chi connectivity index (χ4v) is 3.18. The van der Waals surface area contributed by atoms with Crippen LogP contribution in [0.4, 0.5) is 0 Å². The van der Waals surface area contributed by atoms with E-state index < -0.39 is 0 Å². The molecule has 2 aliphatic heterocycles. The summed E-state index contributed by atoms with van der Waals surface area (Å²) in [6.07, 6.45) is 3.42. The number of pyridine rings is 1. The fraction of sp³-hybridized carbons (Fsp3) is 0.333. The Kier molecular flexibility index (Phi) is 3.81. The summed E-state index contributed by atoms with van der Waals surface area (Å²) in [5.41, 5.74) is 3.91. The first kappa shape index (κ1) is 14.4. The Morgan fingerprint density at radius 2 is 2.17 bits per heavy atom. The summed E-state index contributed by atoms with van der Waals surface area (Å²) >= 11 is 0.